The predicted octanol–water partition coefficient (Wildman–Crippen LogP) is 3.54. The molecule has 122 valence electrons. The van der Waals surface area contributed by atoms with E-state index in [0.717, 1.165) is 11.1 Å². The molecule has 3 N–H and O–H groups in total. The van der Waals surface area contributed by atoms with Crippen molar-refractivity contribution in [2.24, 2.45) is 5.73 Å². The Morgan fingerprint density at radius 2 is 1.35 bits per heavy atom. The van der Waals surface area contributed by atoms with Crippen LogP contribution in [0.3, 0.4) is 0 Å². The van der Waals surface area contributed by atoms with Gasteiger partial charge in [0.15, 0.2) is 6.10 Å². The number of hydrogen-bond donors (Lipinski definition) is 2. The first-order valence-electron chi connectivity index (χ1n) is 6.94. The lowest BCUT2D eigenvalue weighted by Gasteiger charge is -2.15. The molecule has 2 unspecified atom stereocenters. The van der Waals surface area contributed by atoms with Crippen LogP contribution < -0.4 is 5.73 Å². The van der Waals surface area contributed by atoms with E-state index in [1.807, 2.05) is 0 Å². The zero-order valence-corrected chi connectivity index (χ0v) is 12.3. The highest BCUT2D eigenvalue weighted by molar-refractivity contribution is 5.81. The number of aliphatic hydroxyl groups is 1. The Hall–Kier alpha value is -2.34. The Labute approximate surface area is 131 Å². The maximum absolute atomic E-state index is 12.5. The Kier molecular flexibility index (Phi) is 4.75. The largest absolute Gasteiger partial charge is 0.418 e. The fourth-order valence-electron chi connectivity index (χ4n) is 2.18. The van der Waals surface area contributed by atoms with Crippen molar-refractivity contribution < 1.29 is 23.1 Å². The zero-order chi connectivity index (χ0) is 17.2. The maximum Gasteiger partial charge on any atom is 0.418 e. The summed E-state index contributed by atoms with van der Waals surface area (Å²) in [7, 11) is 0. The lowest BCUT2D eigenvalue weighted by Crippen LogP contribution is -2.20. The minimum absolute atomic E-state index is 0.208. The molecule has 0 aromatic heterocycles. The van der Waals surface area contributed by atoms with E-state index in [1.165, 1.54) is 24.3 Å². The van der Waals surface area contributed by atoms with Crippen LogP contribution in [0.15, 0.2) is 48.5 Å². The van der Waals surface area contributed by atoms with Gasteiger partial charge in [-0.2, -0.15) is 13.2 Å². The van der Waals surface area contributed by atoms with E-state index in [-0.39, 0.29) is 5.56 Å². The fraction of sp³-hybridized carbons (Fsp3) is 0.235. The van der Waals surface area contributed by atoms with E-state index in [2.05, 4.69) is 0 Å². The van der Waals surface area contributed by atoms with E-state index < -0.39 is 24.1 Å². The molecule has 23 heavy (non-hydrogen) atoms. The zero-order valence-electron chi connectivity index (χ0n) is 12.3. The van der Waals surface area contributed by atoms with Crippen LogP contribution in [0.25, 0.3) is 11.1 Å². The van der Waals surface area contributed by atoms with Gasteiger partial charge in [-0.1, -0.05) is 48.5 Å². The Morgan fingerprint density at radius 1 is 0.957 bits per heavy atom. The van der Waals surface area contributed by atoms with Gasteiger partial charge in [-0.25, -0.2) is 0 Å². The molecule has 6 heteroatoms. The topological polar surface area (TPSA) is 63.3 Å². The molecule has 0 spiro atoms. The van der Waals surface area contributed by atoms with E-state index >= 15 is 0 Å². The smallest absolute Gasteiger partial charge is 0.379 e. The standard InChI is InChI=1S/C17H16F3NO2/c1-10(16(21)23)11-2-4-12(5-3-11)13-6-8-14(9-7-13)15(22)17(18,19)20/h2-10,15,22H,1H3,(H2,21,23). The van der Waals surface area contributed by atoms with Crippen LogP contribution in [0, 0.1) is 0 Å². The number of halogens is 3. The number of hydrogen-bond acceptors (Lipinski definition) is 2. The molecule has 0 saturated heterocycles. The molecule has 2 rings (SSSR count). The number of amides is 1. The summed E-state index contributed by atoms with van der Waals surface area (Å²) in [5.41, 5.74) is 7.30. The van der Waals surface area contributed by atoms with Crippen molar-refractivity contribution in [1.29, 1.82) is 0 Å². The highest BCUT2D eigenvalue weighted by Crippen LogP contribution is 2.33. The van der Waals surface area contributed by atoms with Gasteiger partial charge >= 0.3 is 6.18 Å². The minimum Gasteiger partial charge on any atom is -0.379 e. The first kappa shape index (κ1) is 17.0. The van der Waals surface area contributed by atoms with Crippen LogP contribution in [0.1, 0.15) is 30.1 Å². The van der Waals surface area contributed by atoms with Crippen molar-refractivity contribution in [3.8, 4) is 11.1 Å². The van der Waals surface area contributed by atoms with Gasteiger partial charge in [0, 0.05) is 0 Å². The number of aliphatic hydroxyl groups excluding tert-OH is 1. The van der Waals surface area contributed by atoms with Gasteiger partial charge in [0.1, 0.15) is 0 Å². The molecule has 0 heterocycles. The normalized spacial score (nSPS) is 14.3. The molecule has 2 aromatic rings. The summed E-state index contributed by atoms with van der Waals surface area (Å²) >= 11 is 0. The number of carbonyl (C=O) groups is 1. The van der Waals surface area contributed by atoms with Crippen molar-refractivity contribution in [3.63, 3.8) is 0 Å². The Morgan fingerprint density at radius 3 is 1.70 bits per heavy atom. The number of nitrogens with two attached hydrogens (primary N) is 1. The molecule has 2 aromatic carbocycles. The van der Waals surface area contributed by atoms with Crippen LogP contribution in [0.5, 0.6) is 0 Å². The van der Waals surface area contributed by atoms with Gasteiger partial charge in [0.05, 0.1) is 5.92 Å². The molecular weight excluding hydrogens is 307 g/mol. The van der Waals surface area contributed by atoms with Gasteiger partial charge in [-0.3, -0.25) is 4.79 Å². The average molecular weight is 323 g/mol. The first-order valence-corrected chi connectivity index (χ1v) is 6.94. The summed E-state index contributed by atoms with van der Waals surface area (Å²) < 4.78 is 37.4. The number of carbonyl (C=O) groups excluding carboxylic acids is 1. The SMILES string of the molecule is CC(C(N)=O)c1ccc(-c2ccc(C(O)C(F)(F)F)cc2)cc1. The fourth-order valence-corrected chi connectivity index (χ4v) is 2.18. The number of benzene rings is 2. The lowest BCUT2D eigenvalue weighted by atomic mass is 9.96. The first-order chi connectivity index (χ1) is 10.7. The monoisotopic (exact) mass is 323 g/mol. The molecule has 0 bridgehead atoms. The summed E-state index contributed by atoms with van der Waals surface area (Å²) in [5.74, 6) is -0.836. The molecule has 2 atom stereocenters. The molecule has 0 aliphatic rings. The summed E-state index contributed by atoms with van der Waals surface area (Å²) in [6, 6.07) is 12.6. The second-order valence-corrected chi connectivity index (χ2v) is 5.31. The highest BCUT2D eigenvalue weighted by Gasteiger charge is 2.39. The second kappa shape index (κ2) is 6.42. The van der Waals surface area contributed by atoms with Gasteiger partial charge < -0.3 is 10.8 Å². The third-order valence-corrected chi connectivity index (χ3v) is 3.71. The summed E-state index contributed by atoms with van der Waals surface area (Å²) in [6.07, 6.45) is -7.18. The van der Waals surface area contributed by atoms with E-state index in [4.69, 9.17) is 5.73 Å². The van der Waals surface area contributed by atoms with Crippen LogP contribution in [0.4, 0.5) is 13.2 Å². The Bertz CT molecular complexity index is 678. The molecule has 0 aliphatic heterocycles. The maximum atomic E-state index is 12.5. The summed E-state index contributed by atoms with van der Waals surface area (Å²) in [4.78, 5) is 11.1. The summed E-state index contributed by atoms with van der Waals surface area (Å²) in [5, 5.41) is 9.20. The highest BCUT2D eigenvalue weighted by atomic mass is 19.4. The van der Waals surface area contributed by atoms with Crippen LogP contribution >= 0.6 is 0 Å². The molecule has 0 radical (unpaired) electrons. The van der Waals surface area contributed by atoms with E-state index in [9.17, 15) is 23.1 Å². The molecule has 0 fully saturated rings. The van der Waals surface area contributed by atoms with Crippen molar-refractivity contribution in [2.75, 3.05) is 0 Å². The summed E-state index contributed by atoms with van der Waals surface area (Å²) in [6.45, 7) is 1.70. The molecular formula is C17H16F3NO2. The molecule has 0 saturated carbocycles. The number of alkyl halides is 3. The average Bonchev–Trinajstić information content (AvgIpc) is 2.53. The van der Waals surface area contributed by atoms with Crippen molar-refractivity contribution in [1.82, 2.24) is 0 Å². The minimum atomic E-state index is -4.69. The lowest BCUT2D eigenvalue weighted by molar-refractivity contribution is -0.206. The van der Waals surface area contributed by atoms with Gasteiger partial charge in [0.25, 0.3) is 0 Å². The molecule has 3 nitrogen and oxygen atoms in total. The van der Waals surface area contributed by atoms with Crippen molar-refractivity contribution >= 4 is 5.91 Å². The number of primary amides is 1. The molecule has 0 aliphatic carbocycles. The van der Waals surface area contributed by atoms with Gasteiger partial charge in [-0.15, -0.1) is 0 Å². The quantitative estimate of drug-likeness (QED) is 0.904. The van der Waals surface area contributed by atoms with Crippen LogP contribution in [-0.2, 0) is 4.79 Å². The third kappa shape index (κ3) is 3.90. The van der Waals surface area contributed by atoms with Crippen molar-refractivity contribution in [3.05, 3.63) is 59.7 Å². The Balaban J connectivity index is 2.21. The van der Waals surface area contributed by atoms with Gasteiger partial charge in [0.2, 0.25) is 5.91 Å². The van der Waals surface area contributed by atoms with E-state index in [1.54, 1.807) is 31.2 Å². The van der Waals surface area contributed by atoms with Crippen molar-refractivity contribution in [2.45, 2.75) is 25.1 Å². The molecule has 1 amide bonds. The second-order valence-electron chi connectivity index (χ2n) is 5.31. The third-order valence-electron chi connectivity index (χ3n) is 3.71. The van der Waals surface area contributed by atoms with Gasteiger partial charge in [-0.05, 0) is 29.2 Å². The predicted molar refractivity (Wildman–Crippen MR) is 80.5 cm³/mol. The van der Waals surface area contributed by atoms with Crippen LogP contribution in [0.2, 0.25) is 0 Å². The van der Waals surface area contributed by atoms with Crippen LogP contribution in [-0.4, -0.2) is 17.2 Å². The number of rotatable bonds is 4. The van der Waals surface area contributed by atoms with E-state index in [0.29, 0.717) is 5.56 Å².